The summed E-state index contributed by atoms with van der Waals surface area (Å²) in [6.45, 7) is 6.50. The predicted octanol–water partition coefficient (Wildman–Crippen LogP) is 21.1. The van der Waals surface area contributed by atoms with Crippen LogP contribution in [0.1, 0.15) is 303 Å². The van der Waals surface area contributed by atoms with Gasteiger partial charge in [0.25, 0.3) is 0 Å². The molecule has 73 heavy (non-hydrogen) atoms. The first-order chi connectivity index (χ1) is 36.0. The van der Waals surface area contributed by atoms with Crippen molar-refractivity contribution in [2.24, 2.45) is 0 Å². The topological polar surface area (TPSA) is 78.9 Å². The summed E-state index contributed by atoms with van der Waals surface area (Å²) in [5, 5.41) is 0. The molecule has 0 saturated carbocycles. The summed E-state index contributed by atoms with van der Waals surface area (Å²) in [5.41, 5.74) is 0. The van der Waals surface area contributed by atoms with Crippen LogP contribution in [0.25, 0.3) is 0 Å². The Morgan fingerprint density at radius 3 is 0.877 bits per heavy atom. The lowest BCUT2D eigenvalue weighted by molar-refractivity contribution is -0.167. The molecular formula is C67H116O6. The maximum atomic E-state index is 12.9. The van der Waals surface area contributed by atoms with Gasteiger partial charge in [0.05, 0.1) is 0 Å². The van der Waals surface area contributed by atoms with Crippen molar-refractivity contribution in [3.8, 4) is 0 Å². The molecule has 0 aliphatic heterocycles. The molecule has 420 valence electrons. The highest BCUT2D eigenvalue weighted by atomic mass is 16.6. The Hall–Kier alpha value is -3.41. The van der Waals surface area contributed by atoms with E-state index in [1.54, 1.807) is 0 Å². The van der Waals surface area contributed by atoms with E-state index >= 15 is 0 Å². The minimum absolute atomic E-state index is 0.0921. The Balaban J connectivity index is 4.37. The number of carbonyl (C=O) groups excluding carboxylic acids is 3. The Labute approximate surface area is 452 Å². The molecule has 0 spiro atoms. The molecule has 0 fully saturated rings. The average Bonchev–Trinajstić information content (AvgIpc) is 3.39. The maximum Gasteiger partial charge on any atom is 0.306 e. The molecule has 0 amide bonds. The highest BCUT2D eigenvalue weighted by molar-refractivity contribution is 5.71. The first kappa shape index (κ1) is 69.6. The van der Waals surface area contributed by atoms with Gasteiger partial charge in [0.2, 0.25) is 0 Å². The van der Waals surface area contributed by atoms with E-state index in [4.69, 9.17) is 14.2 Å². The number of unbranched alkanes of at least 4 members (excludes halogenated alkanes) is 31. The summed E-state index contributed by atoms with van der Waals surface area (Å²) in [4.78, 5) is 38.2. The van der Waals surface area contributed by atoms with E-state index in [0.717, 1.165) is 103 Å². The Bertz CT molecular complexity index is 1400. The van der Waals surface area contributed by atoms with Crippen molar-refractivity contribution in [2.45, 2.75) is 309 Å². The van der Waals surface area contributed by atoms with E-state index in [2.05, 4.69) is 106 Å². The molecule has 0 aromatic heterocycles. The van der Waals surface area contributed by atoms with Gasteiger partial charge in [-0.1, -0.05) is 254 Å². The second-order valence-corrected chi connectivity index (χ2v) is 20.6. The molecule has 0 aliphatic rings. The van der Waals surface area contributed by atoms with Crippen molar-refractivity contribution in [1.29, 1.82) is 0 Å². The van der Waals surface area contributed by atoms with Gasteiger partial charge in [-0.15, -0.1) is 0 Å². The van der Waals surface area contributed by atoms with Crippen LogP contribution in [0, 0.1) is 0 Å². The van der Waals surface area contributed by atoms with Gasteiger partial charge in [0.15, 0.2) is 6.10 Å². The lowest BCUT2D eigenvalue weighted by Crippen LogP contribution is -2.30. The second-order valence-electron chi connectivity index (χ2n) is 20.6. The number of allylic oxidation sites excluding steroid dienone is 14. The maximum absolute atomic E-state index is 12.9. The molecule has 0 rings (SSSR count). The molecule has 6 nitrogen and oxygen atoms in total. The number of esters is 3. The van der Waals surface area contributed by atoms with Gasteiger partial charge in [-0.3, -0.25) is 14.4 Å². The van der Waals surface area contributed by atoms with Crippen LogP contribution in [0.3, 0.4) is 0 Å². The van der Waals surface area contributed by atoms with E-state index in [9.17, 15) is 14.4 Å². The Morgan fingerprint density at radius 2 is 0.534 bits per heavy atom. The number of ether oxygens (including phenoxy) is 3. The van der Waals surface area contributed by atoms with Gasteiger partial charge in [0, 0.05) is 19.3 Å². The Kier molecular flexibility index (Phi) is 58.3. The first-order valence-electron chi connectivity index (χ1n) is 31.1. The molecule has 1 atom stereocenters. The van der Waals surface area contributed by atoms with Crippen LogP contribution >= 0.6 is 0 Å². The van der Waals surface area contributed by atoms with E-state index in [0.29, 0.717) is 12.8 Å². The van der Waals surface area contributed by atoms with Gasteiger partial charge in [-0.25, -0.2) is 0 Å². The third-order valence-corrected chi connectivity index (χ3v) is 13.4. The molecule has 0 aromatic rings. The van der Waals surface area contributed by atoms with Crippen molar-refractivity contribution < 1.29 is 28.6 Å². The smallest absolute Gasteiger partial charge is 0.306 e. The monoisotopic (exact) mass is 1020 g/mol. The van der Waals surface area contributed by atoms with Gasteiger partial charge >= 0.3 is 17.9 Å². The molecule has 0 radical (unpaired) electrons. The largest absolute Gasteiger partial charge is 0.462 e. The molecule has 0 saturated heterocycles. The summed E-state index contributed by atoms with van der Waals surface area (Å²) in [6, 6.07) is 0. The molecule has 1 unspecified atom stereocenters. The zero-order valence-electron chi connectivity index (χ0n) is 48.1. The van der Waals surface area contributed by atoms with Gasteiger partial charge in [0.1, 0.15) is 13.2 Å². The van der Waals surface area contributed by atoms with Crippen LogP contribution in [-0.4, -0.2) is 37.2 Å². The standard InChI is InChI=1S/C67H116O6/c1-4-7-10-13-16-19-22-25-27-29-31-32-33-34-36-37-39-42-45-48-51-54-57-60-66(69)72-63-64(62-71-65(68)59-56-53-50-47-44-41-24-21-18-15-12-9-6-3)73-67(70)61-58-55-52-49-46-43-40-38-35-30-28-26-23-20-17-14-11-8-5-2/h8,11,17,20-21,24,26,28-29,31,35,38,43,46,64H,4-7,9-10,12-16,18-19,22-23,25,27,30,32-34,36-37,39-42,44-45,47-63H2,1-3H3/b11-8-,20-17-,24-21-,28-26-,31-29-,38-35-,46-43-. The average molecular weight is 1020 g/mol. The van der Waals surface area contributed by atoms with Gasteiger partial charge in [-0.05, 0) is 116 Å². The van der Waals surface area contributed by atoms with Gasteiger partial charge in [-0.2, -0.15) is 0 Å². The van der Waals surface area contributed by atoms with Crippen molar-refractivity contribution in [3.63, 3.8) is 0 Å². The van der Waals surface area contributed by atoms with Crippen LogP contribution in [0.2, 0.25) is 0 Å². The van der Waals surface area contributed by atoms with Crippen LogP contribution in [0.15, 0.2) is 85.1 Å². The summed E-state index contributed by atoms with van der Waals surface area (Å²) >= 11 is 0. The third kappa shape index (κ3) is 59.3. The lowest BCUT2D eigenvalue weighted by Gasteiger charge is -2.18. The zero-order valence-corrected chi connectivity index (χ0v) is 48.1. The lowest BCUT2D eigenvalue weighted by atomic mass is 10.0. The summed E-state index contributed by atoms with van der Waals surface area (Å²) in [7, 11) is 0. The van der Waals surface area contributed by atoms with Crippen LogP contribution in [0.5, 0.6) is 0 Å². The molecular weight excluding hydrogens is 901 g/mol. The zero-order chi connectivity index (χ0) is 52.9. The van der Waals surface area contributed by atoms with Crippen molar-refractivity contribution in [3.05, 3.63) is 85.1 Å². The molecule has 0 aliphatic carbocycles. The van der Waals surface area contributed by atoms with Crippen molar-refractivity contribution in [2.75, 3.05) is 13.2 Å². The van der Waals surface area contributed by atoms with E-state index < -0.39 is 6.10 Å². The molecule has 6 heteroatoms. The molecule has 0 heterocycles. The Morgan fingerprint density at radius 1 is 0.288 bits per heavy atom. The number of hydrogen-bond acceptors (Lipinski definition) is 6. The predicted molar refractivity (Wildman–Crippen MR) is 316 cm³/mol. The van der Waals surface area contributed by atoms with E-state index in [-0.39, 0.29) is 37.5 Å². The number of carbonyl (C=O) groups is 3. The third-order valence-electron chi connectivity index (χ3n) is 13.4. The quantitative estimate of drug-likeness (QED) is 0.0261. The number of rotatable bonds is 56. The van der Waals surface area contributed by atoms with Crippen LogP contribution in [0.4, 0.5) is 0 Å². The molecule has 0 N–H and O–H groups in total. The molecule has 0 bridgehead atoms. The minimum Gasteiger partial charge on any atom is -0.462 e. The van der Waals surface area contributed by atoms with Crippen molar-refractivity contribution in [1.82, 2.24) is 0 Å². The molecule has 0 aromatic carbocycles. The SMILES string of the molecule is CC/C=C\C/C=C\C/C=C\C/C=C\C/C=C\CCCCCC(=O)OC(COC(=O)CCCCCCC/C=C\CCCCCC)COC(=O)CCCCCCCCCCCCC/C=C\CCCCCCCCCC. The fourth-order valence-corrected chi connectivity index (χ4v) is 8.69. The highest BCUT2D eigenvalue weighted by Crippen LogP contribution is 2.16. The second kappa shape index (κ2) is 61.1. The minimum atomic E-state index is -0.799. The van der Waals surface area contributed by atoms with E-state index in [1.165, 1.54) is 161 Å². The fraction of sp³-hybridized carbons (Fsp3) is 0.746. The van der Waals surface area contributed by atoms with Crippen molar-refractivity contribution >= 4 is 17.9 Å². The van der Waals surface area contributed by atoms with Gasteiger partial charge < -0.3 is 14.2 Å². The fourth-order valence-electron chi connectivity index (χ4n) is 8.69. The van der Waals surface area contributed by atoms with Crippen LogP contribution in [-0.2, 0) is 28.6 Å². The van der Waals surface area contributed by atoms with Crippen LogP contribution < -0.4 is 0 Å². The normalized spacial score (nSPS) is 12.6. The highest BCUT2D eigenvalue weighted by Gasteiger charge is 2.19. The summed E-state index contributed by atoms with van der Waals surface area (Å²) < 4.78 is 16.9. The van der Waals surface area contributed by atoms with E-state index in [1.807, 2.05) is 0 Å². The number of hydrogen-bond donors (Lipinski definition) is 0. The first-order valence-corrected chi connectivity index (χ1v) is 31.1. The summed E-state index contributed by atoms with van der Waals surface area (Å²) in [5.74, 6) is -0.925. The summed E-state index contributed by atoms with van der Waals surface area (Å²) in [6.07, 6.45) is 80.1.